The number of ketones is 3. The average molecular weight is 609 g/mol. The lowest BCUT2D eigenvalue weighted by atomic mass is 10.0. The third-order valence-electron chi connectivity index (χ3n) is 5.59. The zero-order valence-corrected chi connectivity index (χ0v) is 24.4. The SMILES string of the molecule is CCC(=O)C(=O)OCCCOCC(OCCCOC(=O)C(=O)CC)C(O)C(O)C(CO)OCCCOC(=O)C(=O)CC. The van der Waals surface area contributed by atoms with Gasteiger partial charge in [0.25, 0.3) is 0 Å². The summed E-state index contributed by atoms with van der Waals surface area (Å²) in [5.41, 5.74) is 0. The fourth-order valence-electron chi connectivity index (χ4n) is 3.06. The van der Waals surface area contributed by atoms with Crippen LogP contribution in [0.15, 0.2) is 0 Å². The summed E-state index contributed by atoms with van der Waals surface area (Å²) in [5.74, 6) is -4.88. The summed E-state index contributed by atoms with van der Waals surface area (Å²) in [6.45, 7) is 3.22. The van der Waals surface area contributed by atoms with Crippen LogP contribution < -0.4 is 0 Å². The molecule has 0 bridgehead atoms. The minimum atomic E-state index is -1.64. The van der Waals surface area contributed by atoms with Gasteiger partial charge in [-0.2, -0.15) is 0 Å². The molecule has 4 atom stereocenters. The van der Waals surface area contributed by atoms with E-state index in [0.29, 0.717) is 0 Å². The normalized spacial score (nSPS) is 13.9. The summed E-state index contributed by atoms with van der Waals surface area (Å²) < 4.78 is 30.9. The number of aliphatic hydroxyl groups excluding tert-OH is 3. The quantitative estimate of drug-likeness (QED) is 0.0475. The molecule has 4 unspecified atom stereocenters. The van der Waals surface area contributed by atoms with Crippen molar-refractivity contribution in [1.82, 2.24) is 0 Å². The van der Waals surface area contributed by atoms with Crippen LogP contribution in [0.1, 0.15) is 59.3 Å². The molecule has 0 spiro atoms. The molecule has 0 aromatic heterocycles. The molecule has 242 valence electrons. The van der Waals surface area contributed by atoms with E-state index in [1.165, 1.54) is 20.8 Å². The molecule has 0 aliphatic heterocycles. The number of hydrogen-bond acceptors (Lipinski definition) is 15. The van der Waals surface area contributed by atoms with Gasteiger partial charge in [-0.1, -0.05) is 20.8 Å². The molecule has 15 nitrogen and oxygen atoms in total. The Morgan fingerprint density at radius 3 is 1.29 bits per heavy atom. The summed E-state index contributed by atoms with van der Waals surface area (Å²) in [6.07, 6.45) is -5.09. The lowest BCUT2D eigenvalue weighted by Crippen LogP contribution is -2.49. The van der Waals surface area contributed by atoms with Gasteiger partial charge < -0.3 is 43.7 Å². The first-order chi connectivity index (χ1) is 20.0. The number of aliphatic hydroxyl groups is 3. The molecule has 0 fully saturated rings. The predicted octanol–water partition coefficient (Wildman–Crippen LogP) is -0.775. The van der Waals surface area contributed by atoms with E-state index in [2.05, 4.69) is 0 Å². The summed E-state index contributed by atoms with van der Waals surface area (Å²) >= 11 is 0. The van der Waals surface area contributed by atoms with Gasteiger partial charge in [0.15, 0.2) is 0 Å². The molecule has 0 aromatic carbocycles. The largest absolute Gasteiger partial charge is 0.460 e. The molecular weight excluding hydrogens is 564 g/mol. The van der Waals surface area contributed by atoms with Crippen LogP contribution in [0.25, 0.3) is 0 Å². The molecule has 0 radical (unpaired) electrons. The highest BCUT2D eigenvalue weighted by atomic mass is 16.6. The fraction of sp³-hybridized carbons (Fsp3) is 0.778. The van der Waals surface area contributed by atoms with Crippen molar-refractivity contribution in [3.8, 4) is 0 Å². The zero-order chi connectivity index (χ0) is 31.9. The predicted molar refractivity (Wildman–Crippen MR) is 142 cm³/mol. The Morgan fingerprint density at radius 2 is 0.905 bits per heavy atom. The molecule has 0 saturated carbocycles. The first-order valence-corrected chi connectivity index (χ1v) is 13.9. The molecular formula is C27H44O15. The smallest absolute Gasteiger partial charge is 0.374 e. The van der Waals surface area contributed by atoms with Crippen LogP contribution in [0.4, 0.5) is 0 Å². The number of rotatable bonds is 26. The van der Waals surface area contributed by atoms with E-state index in [9.17, 15) is 44.1 Å². The van der Waals surface area contributed by atoms with Crippen molar-refractivity contribution < 1.29 is 72.5 Å². The summed E-state index contributed by atoms with van der Waals surface area (Å²) in [5, 5.41) is 31.1. The van der Waals surface area contributed by atoms with Gasteiger partial charge in [-0.25, -0.2) is 14.4 Å². The summed E-state index contributed by atoms with van der Waals surface area (Å²) in [7, 11) is 0. The Kier molecular flexibility index (Phi) is 22.1. The molecule has 0 saturated heterocycles. The van der Waals surface area contributed by atoms with Crippen LogP contribution in [0.5, 0.6) is 0 Å². The topological polar surface area (TPSA) is 218 Å². The second-order valence-electron chi connectivity index (χ2n) is 8.86. The maximum Gasteiger partial charge on any atom is 0.374 e. The van der Waals surface area contributed by atoms with Gasteiger partial charge in [0.05, 0.1) is 46.2 Å². The van der Waals surface area contributed by atoms with Crippen molar-refractivity contribution in [2.75, 3.05) is 52.9 Å². The van der Waals surface area contributed by atoms with Crippen molar-refractivity contribution >= 4 is 35.3 Å². The number of hydrogen-bond donors (Lipinski definition) is 3. The van der Waals surface area contributed by atoms with Crippen LogP contribution in [0.3, 0.4) is 0 Å². The second-order valence-corrected chi connectivity index (χ2v) is 8.86. The molecule has 42 heavy (non-hydrogen) atoms. The molecule has 0 amide bonds. The minimum absolute atomic E-state index is 0.00468. The van der Waals surface area contributed by atoms with Gasteiger partial charge in [-0.05, 0) is 0 Å². The Hall–Kier alpha value is -2.82. The lowest BCUT2D eigenvalue weighted by Gasteiger charge is -2.31. The van der Waals surface area contributed by atoms with Gasteiger partial charge in [0.1, 0.15) is 24.4 Å². The van der Waals surface area contributed by atoms with Gasteiger partial charge in [0.2, 0.25) is 17.3 Å². The van der Waals surface area contributed by atoms with Crippen LogP contribution in [-0.2, 0) is 57.2 Å². The Bertz CT molecular complexity index is 843. The molecule has 0 aliphatic carbocycles. The van der Waals surface area contributed by atoms with E-state index in [0.717, 1.165) is 0 Å². The number of carbonyl (C=O) groups excluding carboxylic acids is 6. The Balaban J connectivity index is 4.89. The van der Waals surface area contributed by atoms with Gasteiger partial charge in [0, 0.05) is 45.1 Å². The first kappa shape index (κ1) is 39.2. The zero-order valence-electron chi connectivity index (χ0n) is 24.4. The number of Topliss-reactive ketones (excluding diaryl/α,β-unsaturated/α-hetero) is 3. The highest BCUT2D eigenvalue weighted by Crippen LogP contribution is 2.13. The first-order valence-electron chi connectivity index (χ1n) is 13.9. The maximum absolute atomic E-state index is 11.5. The van der Waals surface area contributed by atoms with E-state index >= 15 is 0 Å². The van der Waals surface area contributed by atoms with E-state index in [1.807, 2.05) is 0 Å². The summed E-state index contributed by atoms with van der Waals surface area (Å²) in [6, 6.07) is 0. The van der Waals surface area contributed by atoms with Crippen molar-refractivity contribution in [3.63, 3.8) is 0 Å². The number of esters is 3. The van der Waals surface area contributed by atoms with Crippen LogP contribution in [-0.4, -0.2) is 128 Å². The van der Waals surface area contributed by atoms with Crippen LogP contribution in [0, 0.1) is 0 Å². The van der Waals surface area contributed by atoms with Crippen molar-refractivity contribution in [2.24, 2.45) is 0 Å². The number of carbonyl (C=O) groups is 6. The average Bonchev–Trinajstić information content (AvgIpc) is 3.00. The van der Waals surface area contributed by atoms with E-state index in [4.69, 9.17) is 28.4 Å². The fourth-order valence-corrected chi connectivity index (χ4v) is 3.06. The van der Waals surface area contributed by atoms with Gasteiger partial charge in [-0.15, -0.1) is 0 Å². The third-order valence-corrected chi connectivity index (χ3v) is 5.59. The van der Waals surface area contributed by atoms with Crippen LogP contribution >= 0.6 is 0 Å². The number of ether oxygens (including phenoxy) is 6. The highest BCUT2D eigenvalue weighted by Gasteiger charge is 2.33. The molecule has 0 aromatic rings. The van der Waals surface area contributed by atoms with Gasteiger partial charge in [-0.3, -0.25) is 14.4 Å². The lowest BCUT2D eigenvalue weighted by molar-refractivity contribution is -0.163. The maximum atomic E-state index is 11.5. The van der Waals surface area contributed by atoms with E-state index < -0.39 is 66.3 Å². The Morgan fingerprint density at radius 1 is 0.548 bits per heavy atom. The third kappa shape index (κ3) is 16.6. The summed E-state index contributed by atoms with van der Waals surface area (Å²) in [4.78, 5) is 68.1. The monoisotopic (exact) mass is 608 g/mol. The molecule has 0 heterocycles. The van der Waals surface area contributed by atoms with Crippen molar-refractivity contribution in [2.45, 2.75) is 83.7 Å². The molecule has 3 N–H and O–H groups in total. The Labute approximate surface area is 244 Å². The molecule has 0 rings (SSSR count). The molecule has 15 heteroatoms. The standard InChI is InChI=1S/C27H44O15/c1-4-18(29)25(34)40-13-7-10-37-17-22(39-12-9-15-42-27(36)20(31)6-3)24(33)23(32)21(16-28)38-11-8-14-41-26(35)19(30)5-2/h21-24,28,32-33H,4-17H2,1-3H3. The molecule has 0 aliphatic rings. The van der Waals surface area contributed by atoms with Crippen molar-refractivity contribution in [1.29, 1.82) is 0 Å². The van der Waals surface area contributed by atoms with E-state index in [1.54, 1.807) is 0 Å². The minimum Gasteiger partial charge on any atom is -0.460 e. The van der Waals surface area contributed by atoms with E-state index in [-0.39, 0.29) is 84.8 Å². The van der Waals surface area contributed by atoms with Gasteiger partial charge >= 0.3 is 17.9 Å². The van der Waals surface area contributed by atoms with Crippen molar-refractivity contribution in [3.05, 3.63) is 0 Å². The highest BCUT2D eigenvalue weighted by molar-refractivity contribution is 6.34. The second kappa shape index (κ2) is 23.7. The van der Waals surface area contributed by atoms with Crippen LogP contribution in [0.2, 0.25) is 0 Å².